The van der Waals surface area contributed by atoms with Crippen molar-refractivity contribution < 1.29 is 14.4 Å². The lowest BCUT2D eigenvalue weighted by Gasteiger charge is -2.31. The molecule has 1 fully saturated rings. The van der Waals surface area contributed by atoms with Gasteiger partial charge in [0.25, 0.3) is 0 Å². The van der Waals surface area contributed by atoms with Gasteiger partial charge in [0.1, 0.15) is 5.54 Å². The fourth-order valence-electron chi connectivity index (χ4n) is 3.67. The molecule has 0 aromatic heterocycles. The lowest BCUT2D eigenvalue weighted by Crippen LogP contribution is -2.59. The van der Waals surface area contributed by atoms with Crippen LogP contribution in [0.3, 0.4) is 0 Å². The molecule has 1 aliphatic rings. The minimum absolute atomic E-state index is 0.0151. The fourth-order valence-corrected chi connectivity index (χ4v) is 4.47. The highest BCUT2D eigenvalue weighted by Crippen LogP contribution is 2.31. The predicted molar refractivity (Wildman–Crippen MR) is 114 cm³/mol. The Hall–Kier alpha value is -1.82. The van der Waals surface area contributed by atoms with Gasteiger partial charge < -0.3 is 10.6 Å². The largest absolute Gasteiger partial charge is 0.354 e. The third-order valence-electron chi connectivity index (χ3n) is 5.18. The van der Waals surface area contributed by atoms with Gasteiger partial charge in [-0.2, -0.15) is 0 Å². The Morgan fingerprint density at radius 1 is 1.11 bits per heavy atom. The van der Waals surface area contributed by atoms with Crippen molar-refractivity contribution in [1.29, 1.82) is 0 Å². The Balaban J connectivity index is 1.93. The third-order valence-corrected chi connectivity index (χ3v) is 6.53. The highest BCUT2D eigenvalue weighted by molar-refractivity contribution is 8.14. The Morgan fingerprint density at radius 2 is 1.75 bits per heavy atom. The van der Waals surface area contributed by atoms with Crippen LogP contribution in [0.2, 0.25) is 0 Å². The number of hydrogen-bond donors (Lipinski definition) is 2. The van der Waals surface area contributed by atoms with E-state index in [9.17, 15) is 14.4 Å². The second kappa shape index (κ2) is 10.6. The van der Waals surface area contributed by atoms with Gasteiger partial charge in [-0.1, -0.05) is 68.8 Å². The van der Waals surface area contributed by atoms with E-state index in [4.69, 9.17) is 0 Å². The summed E-state index contributed by atoms with van der Waals surface area (Å²) in [5.74, 6) is -0.292. The van der Waals surface area contributed by atoms with Gasteiger partial charge in [-0.15, -0.1) is 0 Å². The van der Waals surface area contributed by atoms with Crippen LogP contribution in [0.4, 0.5) is 0 Å². The van der Waals surface area contributed by atoms with Crippen molar-refractivity contribution in [1.82, 2.24) is 10.6 Å². The van der Waals surface area contributed by atoms with Gasteiger partial charge >= 0.3 is 0 Å². The second-order valence-corrected chi connectivity index (χ2v) is 9.22. The van der Waals surface area contributed by atoms with Crippen LogP contribution in [0.15, 0.2) is 30.3 Å². The SMILES string of the molecule is CC(=O)S[C@H](C(=O)NC1(C(=O)NCCCc2ccccc2)CCCC1)C(C)C. The molecular formula is C22H32N2O3S. The third kappa shape index (κ3) is 6.36. The van der Waals surface area contributed by atoms with Crippen LogP contribution >= 0.6 is 11.8 Å². The zero-order valence-electron chi connectivity index (χ0n) is 17.1. The number of thioether (sulfide) groups is 1. The molecule has 5 nitrogen and oxygen atoms in total. The van der Waals surface area contributed by atoms with Gasteiger partial charge in [-0.05, 0) is 37.2 Å². The smallest absolute Gasteiger partial charge is 0.245 e. The molecule has 0 aliphatic heterocycles. The molecule has 1 aliphatic carbocycles. The van der Waals surface area contributed by atoms with Crippen LogP contribution in [0.5, 0.6) is 0 Å². The van der Waals surface area contributed by atoms with Crippen LogP contribution in [0.25, 0.3) is 0 Å². The minimum Gasteiger partial charge on any atom is -0.354 e. The maximum absolute atomic E-state index is 12.9. The molecule has 1 aromatic rings. The number of carbonyl (C=O) groups is 3. The normalized spacial score (nSPS) is 16.6. The monoisotopic (exact) mass is 404 g/mol. The molecule has 0 heterocycles. The van der Waals surface area contributed by atoms with Crippen molar-refractivity contribution in [3.8, 4) is 0 Å². The van der Waals surface area contributed by atoms with Crippen LogP contribution in [-0.4, -0.2) is 34.3 Å². The highest BCUT2D eigenvalue weighted by atomic mass is 32.2. The molecular weight excluding hydrogens is 372 g/mol. The van der Waals surface area contributed by atoms with E-state index in [1.54, 1.807) is 0 Å². The van der Waals surface area contributed by atoms with Gasteiger partial charge in [-0.25, -0.2) is 0 Å². The van der Waals surface area contributed by atoms with Crippen LogP contribution in [0, 0.1) is 5.92 Å². The Bertz CT molecular complexity index is 670. The number of nitrogens with one attached hydrogen (secondary N) is 2. The lowest BCUT2D eigenvalue weighted by molar-refractivity contribution is -0.133. The number of benzene rings is 1. The molecule has 2 rings (SSSR count). The standard InChI is InChI=1S/C22H32N2O3S/c1-16(2)19(28-17(3)25)20(26)24-22(13-7-8-14-22)21(27)23-15-9-12-18-10-5-4-6-11-18/h4-6,10-11,16,19H,7-9,12-15H2,1-3H3,(H,23,27)(H,24,26)/t19-/m0/s1. The van der Waals surface area contributed by atoms with E-state index in [0.717, 1.165) is 37.4 Å². The molecule has 1 aromatic carbocycles. The predicted octanol–water partition coefficient (Wildman–Crippen LogP) is 3.47. The van der Waals surface area contributed by atoms with Gasteiger partial charge in [0.15, 0.2) is 5.12 Å². The summed E-state index contributed by atoms with van der Waals surface area (Å²) in [6, 6.07) is 10.2. The number of aryl methyl sites for hydroxylation is 1. The van der Waals surface area contributed by atoms with Crippen LogP contribution in [-0.2, 0) is 20.8 Å². The number of amides is 2. The molecule has 154 valence electrons. The first-order valence-corrected chi connectivity index (χ1v) is 11.0. The van der Waals surface area contributed by atoms with Crippen LogP contribution < -0.4 is 10.6 Å². The zero-order valence-corrected chi connectivity index (χ0v) is 17.9. The van der Waals surface area contributed by atoms with Crippen molar-refractivity contribution in [3.63, 3.8) is 0 Å². The maximum Gasteiger partial charge on any atom is 0.245 e. The van der Waals surface area contributed by atoms with Gasteiger partial charge in [0.2, 0.25) is 11.8 Å². The lowest BCUT2D eigenvalue weighted by atomic mass is 9.95. The molecule has 0 radical (unpaired) electrons. The van der Waals surface area contributed by atoms with E-state index < -0.39 is 10.8 Å². The Morgan fingerprint density at radius 3 is 2.32 bits per heavy atom. The van der Waals surface area contributed by atoms with Crippen molar-refractivity contribution in [2.24, 2.45) is 5.92 Å². The summed E-state index contributed by atoms with van der Waals surface area (Å²) in [7, 11) is 0. The first kappa shape index (κ1) is 22.5. The number of rotatable bonds is 9. The molecule has 0 saturated heterocycles. The second-order valence-electron chi connectivity index (χ2n) is 7.90. The Kier molecular flexibility index (Phi) is 8.55. The van der Waals surface area contributed by atoms with E-state index in [1.807, 2.05) is 32.0 Å². The van der Waals surface area contributed by atoms with Crippen molar-refractivity contribution >= 4 is 28.7 Å². The van der Waals surface area contributed by atoms with E-state index in [0.29, 0.717) is 19.4 Å². The van der Waals surface area contributed by atoms with E-state index in [1.165, 1.54) is 12.5 Å². The van der Waals surface area contributed by atoms with E-state index in [-0.39, 0.29) is 22.8 Å². The summed E-state index contributed by atoms with van der Waals surface area (Å²) >= 11 is 1.05. The summed E-state index contributed by atoms with van der Waals surface area (Å²) in [6.07, 6.45) is 4.91. The first-order chi connectivity index (χ1) is 13.3. The number of hydrogen-bond acceptors (Lipinski definition) is 4. The average molecular weight is 405 g/mol. The Labute approximate surface area is 172 Å². The van der Waals surface area contributed by atoms with E-state index >= 15 is 0 Å². The maximum atomic E-state index is 12.9. The van der Waals surface area contributed by atoms with Crippen molar-refractivity contribution in [2.45, 2.75) is 70.1 Å². The fraction of sp³-hybridized carbons (Fsp3) is 0.591. The molecule has 1 atom stereocenters. The summed E-state index contributed by atoms with van der Waals surface area (Å²) in [4.78, 5) is 37.3. The van der Waals surface area contributed by atoms with Crippen LogP contribution in [0.1, 0.15) is 58.4 Å². The van der Waals surface area contributed by atoms with Gasteiger partial charge in [-0.3, -0.25) is 14.4 Å². The minimum atomic E-state index is -0.839. The van der Waals surface area contributed by atoms with E-state index in [2.05, 4.69) is 22.8 Å². The first-order valence-electron chi connectivity index (χ1n) is 10.2. The molecule has 6 heteroatoms. The molecule has 0 unspecified atom stereocenters. The molecule has 28 heavy (non-hydrogen) atoms. The summed E-state index contributed by atoms with van der Waals surface area (Å²) in [5, 5.41) is 5.48. The molecule has 0 bridgehead atoms. The van der Waals surface area contributed by atoms with Gasteiger partial charge in [0, 0.05) is 13.5 Å². The number of carbonyl (C=O) groups excluding carboxylic acids is 3. The molecule has 0 spiro atoms. The molecule has 1 saturated carbocycles. The quantitative estimate of drug-likeness (QED) is 0.618. The van der Waals surface area contributed by atoms with Crippen molar-refractivity contribution in [3.05, 3.63) is 35.9 Å². The van der Waals surface area contributed by atoms with Gasteiger partial charge in [0.05, 0.1) is 5.25 Å². The molecule has 2 amide bonds. The summed E-state index contributed by atoms with van der Waals surface area (Å²) in [6.45, 7) is 5.90. The zero-order chi connectivity index (χ0) is 20.6. The summed E-state index contributed by atoms with van der Waals surface area (Å²) < 4.78 is 0. The molecule has 2 N–H and O–H groups in total. The van der Waals surface area contributed by atoms with Crippen molar-refractivity contribution in [2.75, 3.05) is 6.54 Å². The average Bonchev–Trinajstić information content (AvgIpc) is 3.13. The highest BCUT2D eigenvalue weighted by Gasteiger charge is 2.43. The topological polar surface area (TPSA) is 75.3 Å². The summed E-state index contributed by atoms with van der Waals surface area (Å²) in [5.41, 5.74) is 0.413.